The summed E-state index contributed by atoms with van der Waals surface area (Å²) in [6.45, 7) is 9.81. The Labute approximate surface area is 194 Å². The molecule has 1 atom stereocenters. The molecule has 7 heteroatoms. The first-order valence-corrected chi connectivity index (χ1v) is 11.5. The molecule has 0 bridgehead atoms. The predicted molar refractivity (Wildman–Crippen MR) is 128 cm³/mol. The van der Waals surface area contributed by atoms with Gasteiger partial charge in [0.05, 0.1) is 23.0 Å². The van der Waals surface area contributed by atoms with E-state index in [0.29, 0.717) is 31.8 Å². The van der Waals surface area contributed by atoms with E-state index in [-0.39, 0.29) is 11.8 Å². The molecule has 1 fully saturated rings. The van der Waals surface area contributed by atoms with Gasteiger partial charge in [-0.15, -0.1) is 0 Å². The summed E-state index contributed by atoms with van der Waals surface area (Å²) in [4.78, 5) is 35.5. The average Bonchev–Trinajstić information content (AvgIpc) is 3.17. The highest BCUT2D eigenvalue weighted by Gasteiger charge is 2.39. The molecule has 2 heterocycles. The van der Waals surface area contributed by atoms with Gasteiger partial charge in [-0.3, -0.25) is 9.59 Å². The number of hydrogen-bond acceptors (Lipinski definition) is 4. The van der Waals surface area contributed by atoms with Crippen LogP contribution in [0.25, 0.3) is 11.0 Å². The number of benzene rings is 2. The summed E-state index contributed by atoms with van der Waals surface area (Å²) in [5.41, 5.74) is 4.08. The lowest BCUT2D eigenvalue weighted by Crippen LogP contribution is -2.52. The lowest BCUT2D eigenvalue weighted by molar-refractivity contribution is -0.132. The Hall–Kier alpha value is -3.35. The smallest absolute Gasteiger partial charge is 0.253 e. The first-order chi connectivity index (χ1) is 15.7. The van der Waals surface area contributed by atoms with Crippen molar-refractivity contribution in [1.82, 2.24) is 20.2 Å². The van der Waals surface area contributed by atoms with Crippen LogP contribution in [0, 0.1) is 26.2 Å². The number of aromatic nitrogens is 2. The molecule has 33 heavy (non-hydrogen) atoms. The van der Waals surface area contributed by atoms with E-state index in [0.717, 1.165) is 35.4 Å². The SMILES string of the molecule is Cc1nc2ccc(C(=O)N3CCC[C@@](C)(C(=O)NCCOc4ccc(C)c(C)c4)C3)cc2[nH]1. The van der Waals surface area contributed by atoms with Crippen molar-refractivity contribution in [2.24, 2.45) is 5.41 Å². The van der Waals surface area contributed by atoms with Crippen molar-refractivity contribution < 1.29 is 14.3 Å². The summed E-state index contributed by atoms with van der Waals surface area (Å²) in [6.07, 6.45) is 1.54. The number of ether oxygens (including phenoxy) is 1. The molecular weight excluding hydrogens is 416 g/mol. The van der Waals surface area contributed by atoms with Crippen molar-refractivity contribution in [2.45, 2.75) is 40.5 Å². The monoisotopic (exact) mass is 448 g/mol. The Morgan fingerprint density at radius 2 is 1.97 bits per heavy atom. The van der Waals surface area contributed by atoms with Crippen LogP contribution in [0.3, 0.4) is 0 Å². The van der Waals surface area contributed by atoms with Crippen LogP contribution in [-0.4, -0.2) is 52.9 Å². The maximum Gasteiger partial charge on any atom is 0.253 e. The molecule has 0 saturated carbocycles. The Morgan fingerprint density at radius 1 is 1.15 bits per heavy atom. The largest absolute Gasteiger partial charge is 0.492 e. The van der Waals surface area contributed by atoms with E-state index < -0.39 is 5.41 Å². The number of likely N-dealkylation sites (tertiary alicyclic amines) is 1. The van der Waals surface area contributed by atoms with Crippen LogP contribution in [0.5, 0.6) is 5.75 Å². The standard InChI is InChI=1S/C26H32N4O3/c1-17-6-8-21(14-18(17)2)33-13-11-27-25(32)26(4)10-5-12-30(16-26)24(31)20-7-9-22-23(15-20)29-19(3)28-22/h6-9,14-15H,5,10-13,16H2,1-4H3,(H,27,32)(H,28,29)/t26-/m1/s1. The zero-order valence-corrected chi connectivity index (χ0v) is 19.8. The fourth-order valence-corrected chi connectivity index (χ4v) is 4.40. The lowest BCUT2D eigenvalue weighted by atomic mass is 9.80. The van der Waals surface area contributed by atoms with Crippen molar-refractivity contribution in [3.05, 3.63) is 58.9 Å². The van der Waals surface area contributed by atoms with E-state index in [9.17, 15) is 9.59 Å². The van der Waals surface area contributed by atoms with Crippen molar-refractivity contribution in [3.63, 3.8) is 0 Å². The van der Waals surface area contributed by atoms with Crippen LogP contribution < -0.4 is 10.1 Å². The second-order valence-corrected chi connectivity index (χ2v) is 9.30. The second kappa shape index (κ2) is 9.25. The maximum atomic E-state index is 13.2. The number of nitrogens with zero attached hydrogens (tertiary/aromatic N) is 2. The van der Waals surface area contributed by atoms with E-state index in [4.69, 9.17) is 4.74 Å². The first-order valence-electron chi connectivity index (χ1n) is 11.5. The highest BCUT2D eigenvalue weighted by Crippen LogP contribution is 2.31. The van der Waals surface area contributed by atoms with Crippen LogP contribution >= 0.6 is 0 Å². The number of aromatic amines is 1. The fraction of sp³-hybridized carbons (Fsp3) is 0.423. The van der Waals surface area contributed by atoms with E-state index in [1.807, 2.05) is 44.2 Å². The van der Waals surface area contributed by atoms with Crippen molar-refractivity contribution in [2.75, 3.05) is 26.2 Å². The normalized spacial score (nSPS) is 18.4. The van der Waals surface area contributed by atoms with Gasteiger partial charge in [-0.2, -0.15) is 0 Å². The van der Waals surface area contributed by atoms with Crippen molar-refractivity contribution in [1.29, 1.82) is 0 Å². The number of piperidine rings is 1. The molecule has 2 amide bonds. The molecule has 0 unspecified atom stereocenters. The van der Waals surface area contributed by atoms with Gasteiger partial charge >= 0.3 is 0 Å². The Kier molecular flexibility index (Phi) is 6.40. The number of rotatable bonds is 6. The molecule has 0 aliphatic carbocycles. The van der Waals surface area contributed by atoms with E-state index >= 15 is 0 Å². The van der Waals surface area contributed by atoms with E-state index in [2.05, 4.69) is 29.1 Å². The summed E-state index contributed by atoms with van der Waals surface area (Å²) >= 11 is 0. The highest BCUT2D eigenvalue weighted by atomic mass is 16.5. The van der Waals surface area contributed by atoms with Crippen LogP contribution in [0.4, 0.5) is 0 Å². The summed E-state index contributed by atoms with van der Waals surface area (Å²) < 4.78 is 5.78. The molecular formula is C26H32N4O3. The third-order valence-electron chi connectivity index (χ3n) is 6.51. The molecule has 4 rings (SSSR count). The zero-order valence-electron chi connectivity index (χ0n) is 19.8. The van der Waals surface area contributed by atoms with Crippen molar-refractivity contribution in [3.8, 4) is 5.75 Å². The van der Waals surface area contributed by atoms with Crippen LogP contribution in [0.15, 0.2) is 36.4 Å². The zero-order chi connectivity index (χ0) is 23.6. The van der Waals surface area contributed by atoms with Gasteiger partial charge < -0.3 is 19.9 Å². The summed E-state index contributed by atoms with van der Waals surface area (Å²) in [6, 6.07) is 11.5. The van der Waals surface area contributed by atoms with Gasteiger partial charge in [0, 0.05) is 18.7 Å². The molecule has 2 N–H and O–H groups in total. The number of imidazole rings is 1. The molecule has 2 aromatic carbocycles. The molecule has 1 aliphatic rings. The summed E-state index contributed by atoms with van der Waals surface area (Å²) in [5.74, 6) is 1.53. The van der Waals surface area contributed by atoms with Crippen LogP contribution in [0.1, 0.15) is 47.1 Å². The van der Waals surface area contributed by atoms with Gasteiger partial charge in [-0.1, -0.05) is 6.07 Å². The minimum atomic E-state index is -0.622. The van der Waals surface area contributed by atoms with Gasteiger partial charge in [0.15, 0.2) is 0 Å². The molecule has 1 saturated heterocycles. The molecule has 0 spiro atoms. The lowest BCUT2D eigenvalue weighted by Gasteiger charge is -2.39. The fourth-order valence-electron chi connectivity index (χ4n) is 4.40. The molecule has 1 aliphatic heterocycles. The Balaban J connectivity index is 1.33. The van der Waals surface area contributed by atoms with Crippen molar-refractivity contribution >= 4 is 22.8 Å². The van der Waals surface area contributed by atoms with E-state index in [1.165, 1.54) is 11.1 Å². The quantitative estimate of drug-likeness (QED) is 0.560. The summed E-state index contributed by atoms with van der Waals surface area (Å²) in [5, 5.41) is 3.00. The minimum absolute atomic E-state index is 0.0386. The van der Waals surface area contributed by atoms with Gasteiger partial charge in [-0.05, 0) is 82.0 Å². The number of carbonyl (C=O) groups excluding carboxylic acids is 2. The van der Waals surface area contributed by atoms with Gasteiger partial charge in [0.25, 0.3) is 5.91 Å². The Bertz CT molecular complexity index is 1190. The second-order valence-electron chi connectivity index (χ2n) is 9.30. The van der Waals surface area contributed by atoms with E-state index in [1.54, 1.807) is 11.0 Å². The number of hydrogen-bond donors (Lipinski definition) is 2. The van der Waals surface area contributed by atoms with Crippen LogP contribution in [-0.2, 0) is 4.79 Å². The number of aryl methyl sites for hydroxylation is 3. The molecule has 0 radical (unpaired) electrons. The summed E-state index contributed by atoms with van der Waals surface area (Å²) in [7, 11) is 0. The van der Waals surface area contributed by atoms with Crippen LogP contribution in [0.2, 0.25) is 0 Å². The number of carbonyl (C=O) groups is 2. The molecule has 3 aromatic rings. The van der Waals surface area contributed by atoms with Gasteiger partial charge in [0.2, 0.25) is 5.91 Å². The minimum Gasteiger partial charge on any atom is -0.492 e. The number of amides is 2. The molecule has 174 valence electrons. The Morgan fingerprint density at radius 3 is 2.76 bits per heavy atom. The van der Waals surface area contributed by atoms with Gasteiger partial charge in [0.1, 0.15) is 18.2 Å². The number of nitrogens with one attached hydrogen (secondary N) is 2. The molecule has 7 nitrogen and oxygen atoms in total. The third kappa shape index (κ3) is 5.02. The first kappa shape index (κ1) is 22.8. The average molecular weight is 449 g/mol. The molecule has 1 aromatic heterocycles. The predicted octanol–water partition coefficient (Wildman–Crippen LogP) is 3.93. The highest BCUT2D eigenvalue weighted by molar-refractivity contribution is 5.98. The number of H-pyrrole nitrogens is 1. The number of fused-ring (bicyclic) bond motifs is 1. The van der Waals surface area contributed by atoms with Gasteiger partial charge in [-0.25, -0.2) is 4.98 Å². The third-order valence-corrected chi connectivity index (χ3v) is 6.51. The topological polar surface area (TPSA) is 87.3 Å². The maximum absolute atomic E-state index is 13.2.